The molecule has 2 N–H and O–H groups in total. The van der Waals surface area contributed by atoms with Crippen LogP contribution in [0, 0.1) is 0 Å². The fraction of sp³-hybridized carbons (Fsp3) is 0.588. The Bertz CT molecular complexity index is 547. The fourth-order valence-electron chi connectivity index (χ4n) is 3.87. The number of nitrogens with two attached hydrogens (primary N) is 1. The zero-order chi connectivity index (χ0) is 14.4. The zero-order valence-electron chi connectivity index (χ0n) is 12.8. The van der Waals surface area contributed by atoms with Crippen LogP contribution in [-0.4, -0.2) is 23.9 Å². The first-order chi connectivity index (χ1) is 9.51. The summed E-state index contributed by atoms with van der Waals surface area (Å²) < 4.78 is 0. The molecule has 1 aromatic carbocycles. The summed E-state index contributed by atoms with van der Waals surface area (Å²) >= 11 is 0. The van der Waals surface area contributed by atoms with E-state index < -0.39 is 0 Å². The molecule has 1 aliphatic heterocycles. The van der Waals surface area contributed by atoms with Gasteiger partial charge in [-0.05, 0) is 35.8 Å². The maximum Gasteiger partial charge on any atom is 0.192 e. The van der Waals surface area contributed by atoms with Gasteiger partial charge >= 0.3 is 0 Å². The number of fused-ring (bicyclic) bond motifs is 2. The normalized spacial score (nSPS) is 27.6. The van der Waals surface area contributed by atoms with Crippen molar-refractivity contribution in [3.8, 4) is 0 Å². The van der Waals surface area contributed by atoms with Crippen molar-refractivity contribution in [3.05, 3.63) is 35.4 Å². The third-order valence-electron chi connectivity index (χ3n) is 5.06. The second-order valence-electron chi connectivity index (χ2n) is 6.79. The summed E-state index contributed by atoms with van der Waals surface area (Å²) in [6.07, 6.45) is 3.43. The minimum atomic E-state index is 0.00616. The van der Waals surface area contributed by atoms with E-state index in [9.17, 15) is 0 Å². The minimum Gasteiger partial charge on any atom is -0.370 e. The van der Waals surface area contributed by atoms with E-state index >= 15 is 0 Å². The quantitative estimate of drug-likeness (QED) is 0.898. The lowest BCUT2D eigenvalue weighted by molar-refractivity contribution is 0.151. The van der Waals surface area contributed by atoms with Gasteiger partial charge in [0.1, 0.15) is 0 Å². The van der Waals surface area contributed by atoms with Crippen LogP contribution in [0.1, 0.15) is 51.2 Å². The Morgan fingerprint density at radius 3 is 2.60 bits per heavy atom. The number of nitrogens with zero attached hydrogens (tertiary/aromatic N) is 2. The van der Waals surface area contributed by atoms with Crippen LogP contribution in [0.25, 0.3) is 0 Å². The predicted octanol–water partition coefficient (Wildman–Crippen LogP) is 2.99. The Morgan fingerprint density at radius 2 is 1.90 bits per heavy atom. The van der Waals surface area contributed by atoms with Crippen molar-refractivity contribution in [2.24, 2.45) is 10.7 Å². The van der Waals surface area contributed by atoms with Gasteiger partial charge in [0.05, 0.1) is 12.1 Å². The van der Waals surface area contributed by atoms with Gasteiger partial charge in [-0.25, -0.2) is 0 Å². The molecule has 1 heterocycles. The van der Waals surface area contributed by atoms with Gasteiger partial charge in [0.2, 0.25) is 0 Å². The van der Waals surface area contributed by atoms with Gasteiger partial charge in [-0.15, -0.1) is 0 Å². The Hall–Kier alpha value is -1.51. The van der Waals surface area contributed by atoms with Crippen molar-refractivity contribution in [2.75, 3.05) is 13.1 Å². The molecule has 0 saturated heterocycles. The van der Waals surface area contributed by atoms with Crippen molar-refractivity contribution >= 4 is 5.96 Å². The first-order valence-corrected chi connectivity index (χ1v) is 7.69. The maximum atomic E-state index is 6.17. The highest BCUT2D eigenvalue weighted by atomic mass is 15.4. The van der Waals surface area contributed by atoms with Crippen molar-refractivity contribution in [2.45, 2.75) is 51.0 Å². The Morgan fingerprint density at radius 1 is 1.20 bits per heavy atom. The Labute approximate surface area is 121 Å². The lowest BCUT2D eigenvalue weighted by atomic mass is 9.65. The summed E-state index contributed by atoms with van der Waals surface area (Å²) in [6, 6.07) is 8.88. The molecule has 20 heavy (non-hydrogen) atoms. The molecule has 3 nitrogen and oxygen atoms in total. The monoisotopic (exact) mass is 271 g/mol. The molecule has 2 aliphatic rings. The lowest BCUT2D eigenvalue weighted by Gasteiger charge is -2.48. The van der Waals surface area contributed by atoms with Crippen molar-refractivity contribution in [3.63, 3.8) is 0 Å². The Balaban J connectivity index is 2.12. The van der Waals surface area contributed by atoms with Crippen LogP contribution in [0.15, 0.2) is 29.3 Å². The second-order valence-corrected chi connectivity index (χ2v) is 6.79. The number of hydrogen-bond acceptors (Lipinski definition) is 3. The van der Waals surface area contributed by atoms with E-state index in [0.29, 0.717) is 0 Å². The molecular weight excluding hydrogens is 246 g/mol. The van der Waals surface area contributed by atoms with E-state index in [2.05, 4.69) is 54.9 Å². The number of hydrogen-bond donors (Lipinski definition) is 1. The second kappa shape index (κ2) is 4.51. The van der Waals surface area contributed by atoms with Crippen LogP contribution in [0.5, 0.6) is 0 Å². The average molecular weight is 271 g/mol. The summed E-state index contributed by atoms with van der Waals surface area (Å²) in [5, 5.41) is 0. The number of guanidine groups is 1. The van der Waals surface area contributed by atoms with Crippen LogP contribution in [-0.2, 0) is 11.0 Å². The van der Waals surface area contributed by atoms with E-state index in [0.717, 1.165) is 31.9 Å². The molecule has 108 valence electrons. The van der Waals surface area contributed by atoms with Crippen molar-refractivity contribution in [1.29, 1.82) is 0 Å². The third-order valence-corrected chi connectivity index (χ3v) is 5.06. The van der Waals surface area contributed by atoms with Crippen LogP contribution in [0.3, 0.4) is 0 Å². The van der Waals surface area contributed by atoms with Gasteiger partial charge in [-0.1, -0.05) is 45.0 Å². The van der Waals surface area contributed by atoms with Gasteiger partial charge in [0.25, 0.3) is 0 Å². The average Bonchev–Trinajstić information content (AvgIpc) is 2.75. The number of aliphatic imine (C=N–C) groups is 1. The molecule has 0 fully saturated rings. The lowest BCUT2D eigenvalue weighted by Crippen LogP contribution is -2.53. The van der Waals surface area contributed by atoms with E-state index in [-0.39, 0.29) is 11.0 Å². The van der Waals surface area contributed by atoms with Crippen molar-refractivity contribution < 1.29 is 0 Å². The summed E-state index contributed by atoms with van der Waals surface area (Å²) in [5.74, 6) is 0.723. The molecule has 1 unspecified atom stereocenters. The highest BCUT2D eigenvalue weighted by Gasteiger charge is 2.49. The number of rotatable bonds is 2. The maximum absolute atomic E-state index is 6.17. The zero-order valence-corrected chi connectivity index (χ0v) is 12.8. The van der Waals surface area contributed by atoms with Crippen LogP contribution in [0.4, 0.5) is 0 Å². The highest BCUT2D eigenvalue weighted by Crippen LogP contribution is 2.49. The Kier molecular flexibility index (Phi) is 3.03. The van der Waals surface area contributed by atoms with Crippen LogP contribution in [0.2, 0.25) is 0 Å². The molecule has 1 aliphatic carbocycles. The molecule has 0 amide bonds. The molecule has 0 aromatic heterocycles. The summed E-state index contributed by atoms with van der Waals surface area (Å²) in [5.41, 5.74) is 9.33. The van der Waals surface area contributed by atoms with Gasteiger partial charge in [-0.3, -0.25) is 4.99 Å². The molecule has 0 bridgehead atoms. The SMILES string of the molecule is CCCN1C(N)=NCC12CCC(C)(C)c1ccccc12. The van der Waals surface area contributed by atoms with E-state index in [1.54, 1.807) is 0 Å². The molecule has 1 spiro atoms. The summed E-state index contributed by atoms with van der Waals surface area (Å²) in [7, 11) is 0. The van der Waals surface area contributed by atoms with Gasteiger partial charge < -0.3 is 10.6 Å². The topological polar surface area (TPSA) is 41.6 Å². The van der Waals surface area contributed by atoms with Gasteiger partial charge in [0.15, 0.2) is 5.96 Å². The van der Waals surface area contributed by atoms with E-state index in [4.69, 9.17) is 5.73 Å². The van der Waals surface area contributed by atoms with Gasteiger partial charge in [0, 0.05) is 6.54 Å². The third kappa shape index (κ3) is 1.75. The van der Waals surface area contributed by atoms with Crippen molar-refractivity contribution in [1.82, 2.24) is 4.90 Å². The predicted molar refractivity (Wildman–Crippen MR) is 83.9 cm³/mol. The molecule has 3 rings (SSSR count). The molecule has 0 saturated carbocycles. The highest BCUT2D eigenvalue weighted by molar-refractivity contribution is 5.81. The first-order valence-electron chi connectivity index (χ1n) is 7.69. The summed E-state index contributed by atoms with van der Waals surface area (Å²) in [4.78, 5) is 6.93. The molecule has 0 radical (unpaired) electrons. The van der Waals surface area contributed by atoms with Gasteiger partial charge in [-0.2, -0.15) is 0 Å². The smallest absolute Gasteiger partial charge is 0.192 e. The fourth-order valence-corrected chi connectivity index (χ4v) is 3.87. The number of benzene rings is 1. The molecule has 1 atom stereocenters. The standard InChI is InChI=1S/C17H25N3/c1-4-11-20-15(18)19-12-17(20)10-9-16(2,3)13-7-5-6-8-14(13)17/h5-8H,4,9-12H2,1-3H3,(H2,18,19). The molecule has 1 aromatic rings. The first kappa shape index (κ1) is 13.5. The summed E-state index contributed by atoms with van der Waals surface area (Å²) in [6.45, 7) is 8.71. The van der Waals surface area contributed by atoms with Crippen LogP contribution >= 0.6 is 0 Å². The molecular formula is C17H25N3. The van der Waals surface area contributed by atoms with E-state index in [1.807, 2.05) is 0 Å². The van der Waals surface area contributed by atoms with E-state index in [1.165, 1.54) is 17.5 Å². The molecule has 3 heteroatoms. The van der Waals surface area contributed by atoms with Crippen LogP contribution < -0.4 is 5.73 Å². The largest absolute Gasteiger partial charge is 0.370 e. The minimum absolute atomic E-state index is 0.00616.